The highest BCUT2D eigenvalue weighted by Crippen LogP contribution is 2.13. The lowest BCUT2D eigenvalue weighted by atomic mass is 10.1. The molecule has 19 heavy (non-hydrogen) atoms. The van der Waals surface area contributed by atoms with Gasteiger partial charge in [-0.1, -0.05) is 0 Å². The van der Waals surface area contributed by atoms with Gasteiger partial charge in [0.1, 0.15) is 0 Å². The summed E-state index contributed by atoms with van der Waals surface area (Å²) in [6.45, 7) is 12.2. The van der Waals surface area contributed by atoms with E-state index in [9.17, 15) is 0 Å². The quantitative estimate of drug-likeness (QED) is 0.854. The fraction of sp³-hybridized carbons (Fsp3) is 0.714. The molecule has 0 aliphatic heterocycles. The number of hydrogen-bond donors (Lipinski definition) is 1. The minimum Gasteiger partial charge on any atom is -0.474 e. The highest BCUT2D eigenvalue weighted by molar-refractivity contribution is 5.36. The Morgan fingerprint density at radius 3 is 2.58 bits per heavy atom. The first-order valence-electron chi connectivity index (χ1n) is 6.73. The van der Waals surface area contributed by atoms with E-state index >= 15 is 0 Å². The van der Waals surface area contributed by atoms with Gasteiger partial charge < -0.3 is 15.0 Å². The van der Waals surface area contributed by atoms with E-state index in [1.165, 1.54) is 0 Å². The SMILES string of the molecule is CC(C)Oc1cncc(N(C)CCNC(C)(C)C)n1. The van der Waals surface area contributed by atoms with Gasteiger partial charge in [0.05, 0.1) is 18.5 Å². The van der Waals surface area contributed by atoms with Crippen molar-refractivity contribution in [2.45, 2.75) is 46.3 Å². The van der Waals surface area contributed by atoms with Gasteiger partial charge in [-0.05, 0) is 34.6 Å². The number of anilines is 1. The Balaban J connectivity index is 2.54. The lowest BCUT2D eigenvalue weighted by Gasteiger charge is -2.24. The van der Waals surface area contributed by atoms with E-state index in [4.69, 9.17) is 4.74 Å². The van der Waals surface area contributed by atoms with Crippen LogP contribution in [0.2, 0.25) is 0 Å². The van der Waals surface area contributed by atoms with Crippen LogP contribution in [-0.2, 0) is 0 Å². The first-order chi connectivity index (χ1) is 8.78. The molecule has 0 unspecified atom stereocenters. The first-order valence-corrected chi connectivity index (χ1v) is 6.73. The van der Waals surface area contributed by atoms with Crippen molar-refractivity contribution in [1.29, 1.82) is 0 Å². The van der Waals surface area contributed by atoms with Gasteiger partial charge in [-0.2, -0.15) is 4.98 Å². The second-order valence-electron chi connectivity index (χ2n) is 5.98. The number of aromatic nitrogens is 2. The van der Waals surface area contributed by atoms with E-state index in [-0.39, 0.29) is 11.6 Å². The molecule has 0 atom stereocenters. The lowest BCUT2D eigenvalue weighted by Crippen LogP contribution is -2.40. The molecule has 0 aliphatic rings. The second kappa shape index (κ2) is 6.70. The molecule has 5 heteroatoms. The average molecular weight is 266 g/mol. The molecule has 0 saturated heterocycles. The third-order valence-corrected chi connectivity index (χ3v) is 2.45. The van der Waals surface area contributed by atoms with Crippen molar-refractivity contribution in [1.82, 2.24) is 15.3 Å². The Morgan fingerprint density at radius 1 is 1.32 bits per heavy atom. The molecule has 1 aromatic rings. The predicted molar refractivity (Wildman–Crippen MR) is 78.8 cm³/mol. The van der Waals surface area contributed by atoms with Crippen molar-refractivity contribution in [3.05, 3.63) is 12.4 Å². The van der Waals surface area contributed by atoms with Gasteiger partial charge in [-0.15, -0.1) is 0 Å². The third-order valence-electron chi connectivity index (χ3n) is 2.45. The standard InChI is InChI=1S/C14H26N4O/c1-11(2)19-13-10-15-9-12(17-13)18(6)8-7-16-14(3,4)5/h9-11,16H,7-8H2,1-6H3. The van der Waals surface area contributed by atoms with Crippen LogP contribution in [0.1, 0.15) is 34.6 Å². The van der Waals surface area contributed by atoms with Crippen LogP contribution >= 0.6 is 0 Å². The molecule has 0 spiro atoms. The molecule has 0 aliphatic carbocycles. The molecule has 0 amide bonds. The fourth-order valence-corrected chi connectivity index (χ4v) is 1.53. The molecular weight excluding hydrogens is 240 g/mol. The Hall–Kier alpha value is -1.36. The highest BCUT2D eigenvalue weighted by Gasteiger charge is 2.10. The average Bonchev–Trinajstić information content (AvgIpc) is 2.26. The number of rotatable bonds is 6. The van der Waals surface area contributed by atoms with Gasteiger partial charge in [-0.3, -0.25) is 4.98 Å². The van der Waals surface area contributed by atoms with Gasteiger partial charge >= 0.3 is 0 Å². The minimum atomic E-state index is 0.109. The van der Waals surface area contributed by atoms with E-state index in [0.29, 0.717) is 5.88 Å². The maximum Gasteiger partial charge on any atom is 0.234 e. The third kappa shape index (κ3) is 6.38. The minimum absolute atomic E-state index is 0.109. The Morgan fingerprint density at radius 2 is 2.00 bits per heavy atom. The summed E-state index contributed by atoms with van der Waals surface area (Å²) in [5, 5.41) is 3.45. The summed E-state index contributed by atoms with van der Waals surface area (Å²) in [4.78, 5) is 10.7. The van der Waals surface area contributed by atoms with E-state index in [0.717, 1.165) is 18.9 Å². The van der Waals surface area contributed by atoms with Crippen molar-refractivity contribution in [3.8, 4) is 5.88 Å². The Bertz CT molecular complexity index is 387. The first kappa shape index (κ1) is 15.7. The monoisotopic (exact) mass is 266 g/mol. The fourth-order valence-electron chi connectivity index (χ4n) is 1.53. The smallest absolute Gasteiger partial charge is 0.234 e. The molecular formula is C14H26N4O. The highest BCUT2D eigenvalue weighted by atomic mass is 16.5. The molecule has 108 valence electrons. The maximum atomic E-state index is 5.55. The van der Waals surface area contributed by atoms with Gasteiger partial charge in [0, 0.05) is 25.7 Å². The lowest BCUT2D eigenvalue weighted by molar-refractivity contribution is 0.231. The van der Waals surface area contributed by atoms with Crippen molar-refractivity contribution in [2.75, 3.05) is 25.0 Å². The molecule has 1 rings (SSSR count). The number of hydrogen-bond acceptors (Lipinski definition) is 5. The molecule has 1 N–H and O–H groups in total. The van der Waals surface area contributed by atoms with E-state index in [2.05, 4.69) is 41.0 Å². The zero-order valence-electron chi connectivity index (χ0n) is 12.9. The largest absolute Gasteiger partial charge is 0.474 e. The van der Waals surface area contributed by atoms with Crippen LogP contribution in [0.3, 0.4) is 0 Å². The second-order valence-corrected chi connectivity index (χ2v) is 5.98. The van der Waals surface area contributed by atoms with Crippen molar-refractivity contribution in [3.63, 3.8) is 0 Å². The Kier molecular flexibility index (Phi) is 5.54. The van der Waals surface area contributed by atoms with Gasteiger partial charge in [-0.25, -0.2) is 0 Å². The van der Waals surface area contributed by atoms with Crippen LogP contribution in [0.4, 0.5) is 5.82 Å². The molecule has 0 radical (unpaired) electrons. The predicted octanol–water partition coefficient (Wildman–Crippen LogP) is 2.09. The maximum absolute atomic E-state index is 5.55. The Labute approximate surface area is 116 Å². The molecule has 0 saturated carbocycles. The summed E-state index contributed by atoms with van der Waals surface area (Å²) in [6, 6.07) is 0. The number of nitrogens with zero attached hydrogens (tertiary/aromatic N) is 3. The summed E-state index contributed by atoms with van der Waals surface area (Å²) >= 11 is 0. The molecule has 1 aromatic heterocycles. The molecule has 5 nitrogen and oxygen atoms in total. The molecule has 0 bridgehead atoms. The summed E-state index contributed by atoms with van der Waals surface area (Å²) < 4.78 is 5.55. The van der Waals surface area contributed by atoms with E-state index in [1.54, 1.807) is 12.4 Å². The molecule has 0 fully saturated rings. The van der Waals surface area contributed by atoms with Crippen LogP contribution in [-0.4, -0.2) is 41.7 Å². The summed E-state index contributed by atoms with van der Waals surface area (Å²) in [6.07, 6.45) is 3.51. The topological polar surface area (TPSA) is 50.3 Å². The number of likely N-dealkylation sites (N-methyl/N-ethyl adjacent to an activating group) is 1. The summed E-state index contributed by atoms with van der Waals surface area (Å²) in [5.41, 5.74) is 0.134. The van der Waals surface area contributed by atoms with Crippen molar-refractivity contribution in [2.24, 2.45) is 0 Å². The van der Waals surface area contributed by atoms with Gasteiger partial charge in [0.25, 0.3) is 0 Å². The van der Waals surface area contributed by atoms with Crippen molar-refractivity contribution >= 4 is 5.82 Å². The van der Waals surface area contributed by atoms with E-state index < -0.39 is 0 Å². The number of nitrogens with one attached hydrogen (secondary N) is 1. The van der Waals surface area contributed by atoms with Crippen molar-refractivity contribution < 1.29 is 4.74 Å². The van der Waals surface area contributed by atoms with Crippen LogP contribution in [0.25, 0.3) is 0 Å². The zero-order chi connectivity index (χ0) is 14.5. The number of ether oxygens (including phenoxy) is 1. The van der Waals surface area contributed by atoms with E-state index in [1.807, 2.05) is 20.9 Å². The normalized spacial score (nSPS) is 11.7. The van der Waals surface area contributed by atoms with Gasteiger partial charge in [0.15, 0.2) is 5.82 Å². The molecule has 1 heterocycles. The summed E-state index contributed by atoms with van der Waals surface area (Å²) in [7, 11) is 2.01. The van der Waals surface area contributed by atoms with Crippen LogP contribution in [0.5, 0.6) is 5.88 Å². The molecule has 0 aromatic carbocycles. The zero-order valence-corrected chi connectivity index (χ0v) is 12.9. The van der Waals surface area contributed by atoms with Crippen LogP contribution < -0.4 is 15.0 Å². The van der Waals surface area contributed by atoms with Crippen LogP contribution in [0, 0.1) is 0 Å². The van der Waals surface area contributed by atoms with Crippen LogP contribution in [0.15, 0.2) is 12.4 Å². The summed E-state index contributed by atoms with van der Waals surface area (Å²) in [5.74, 6) is 1.40. The van der Waals surface area contributed by atoms with Gasteiger partial charge in [0.2, 0.25) is 5.88 Å².